The molecule has 124 valence electrons. The van der Waals surface area contributed by atoms with Gasteiger partial charge in [0.25, 0.3) is 0 Å². The van der Waals surface area contributed by atoms with Gasteiger partial charge in [-0.05, 0) is 62.1 Å². The topological polar surface area (TPSA) is 0 Å². The number of hydrogen-bond acceptors (Lipinski definition) is 0. The fraction of sp³-hybridized carbons (Fsp3) is 0.444. The van der Waals surface area contributed by atoms with Crippen LogP contribution in [0.2, 0.25) is 0 Å². The molecule has 1 fully saturated rings. The number of allylic oxidation sites excluding steroid dienone is 2. The van der Waals surface area contributed by atoms with Crippen molar-refractivity contribution in [2.45, 2.75) is 44.7 Å². The Morgan fingerprint density at radius 1 is 1.04 bits per heavy atom. The van der Waals surface area contributed by atoms with Crippen molar-refractivity contribution >= 4 is 0 Å². The maximum atomic E-state index is 13.9. The van der Waals surface area contributed by atoms with Gasteiger partial charge >= 0.3 is 6.18 Å². The molecule has 0 aromatic heterocycles. The lowest BCUT2D eigenvalue weighted by Gasteiger charge is -2.27. The van der Waals surface area contributed by atoms with E-state index in [0.717, 1.165) is 43.7 Å². The van der Waals surface area contributed by atoms with Crippen molar-refractivity contribution in [2.75, 3.05) is 0 Å². The second-order valence-corrected chi connectivity index (χ2v) is 5.74. The van der Waals surface area contributed by atoms with Gasteiger partial charge in [0, 0.05) is 5.92 Å². The van der Waals surface area contributed by atoms with Crippen LogP contribution in [0.1, 0.15) is 49.7 Å². The Morgan fingerprint density at radius 3 is 2.09 bits per heavy atom. The molecule has 1 aromatic carbocycles. The second-order valence-electron chi connectivity index (χ2n) is 5.74. The van der Waals surface area contributed by atoms with Gasteiger partial charge in [-0.15, -0.1) is 0 Å². The summed E-state index contributed by atoms with van der Waals surface area (Å²) in [5, 5.41) is 0. The lowest BCUT2D eigenvalue weighted by Crippen LogP contribution is -2.12. The van der Waals surface area contributed by atoms with Crippen molar-refractivity contribution in [3.63, 3.8) is 0 Å². The minimum absolute atomic E-state index is 0.0325. The molecule has 0 bridgehead atoms. The van der Waals surface area contributed by atoms with E-state index >= 15 is 0 Å². The van der Waals surface area contributed by atoms with Gasteiger partial charge < -0.3 is 0 Å². The van der Waals surface area contributed by atoms with Crippen LogP contribution in [0.15, 0.2) is 24.3 Å². The third kappa shape index (κ3) is 4.82. The van der Waals surface area contributed by atoms with Crippen LogP contribution < -0.4 is 0 Å². The molecule has 0 saturated heterocycles. The number of alkyl halides is 3. The van der Waals surface area contributed by atoms with E-state index in [0.29, 0.717) is 11.5 Å². The molecule has 0 nitrogen and oxygen atoms in total. The molecule has 0 aliphatic heterocycles. The first-order valence-corrected chi connectivity index (χ1v) is 7.52. The van der Waals surface area contributed by atoms with Crippen LogP contribution in [0.25, 0.3) is 0 Å². The summed E-state index contributed by atoms with van der Waals surface area (Å²) in [5.41, 5.74) is -0.329. The maximum Gasteiger partial charge on any atom is 0.458 e. The molecular weight excluding hydrogens is 311 g/mol. The number of hydrogen-bond donors (Lipinski definition) is 0. The highest BCUT2D eigenvalue weighted by molar-refractivity contribution is 5.40. The Labute approximate surface area is 132 Å². The van der Waals surface area contributed by atoms with E-state index < -0.39 is 23.4 Å². The fourth-order valence-electron chi connectivity index (χ4n) is 3.00. The van der Waals surface area contributed by atoms with Gasteiger partial charge in [-0.3, -0.25) is 0 Å². The highest BCUT2D eigenvalue weighted by Crippen LogP contribution is 2.37. The van der Waals surface area contributed by atoms with Gasteiger partial charge in [0.1, 0.15) is 11.6 Å². The first kappa shape index (κ1) is 17.5. The smallest absolute Gasteiger partial charge is 0.206 e. The van der Waals surface area contributed by atoms with E-state index in [1.165, 1.54) is 0 Å². The minimum atomic E-state index is -4.78. The zero-order chi connectivity index (χ0) is 17.0. The standard InChI is InChI=1S/C18H17F5/c1-2-3-12-4-6-13(7-5-12)14-10-16(19)15(17(20)11-14)8-9-18(21,22)23/h2-3,10-13H,4-7H2,1H3/b3-2+. The van der Waals surface area contributed by atoms with E-state index in [2.05, 4.69) is 6.08 Å². The van der Waals surface area contributed by atoms with Crippen molar-refractivity contribution in [2.24, 2.45) is 5.92 Å². The summed E-state index contributed by atoms with van der Waals surface area (Å²) in [7, 11) is 0. The molecule has 0 radical (unpaired) electrons. The van der Waals surface area contributed by atoms with E-state index in [9.17, 15) is 22.0 Å². The van der Waals surface area contributed by atoms with Gasteiger partial charge in [0.2, 0.25) is 0 Å². The average Bonchev–Trinajstić information content (AvgIpc) is 2.46. The summed E-state index contributed by atoms with van der Waals surface area (Å²) in [6.07, 6.45) is 2.85. The van der Waals surface area contributed by atoms with Crippen LogP contribution in [0.3, 0.4) is 0 Å². The monoisotopic (exact) mass is 328 g/mol. The van der Waals surface area contributed by atoms with Crippen LogP contribution in [0.4, 0.5) is 22.0 Å². The average molecular weight is 328 g/mol. The number of halogens is 5. The molecule has 0 unspecified atom stereocenters. The summed E-state index contributed by atoms with van der Waals surface area (Å²) in [6, 6.07) is 2.23. The van der Waals surface area contributed by atoms with Crippen LogP contribution in [-0.4, -0.2) is 6.18 Å². The van der Waals surface area contributed by atoms with Crippen LogP contribution >= 0.6 is 0 Å². The highest BCUT2D eigenvalue weighted by Gasteiger charge is 2.25. The molecule has 0 atom stereocenters. The van der Waals surface area contributed by atoms with Gasteiger partial charge in [-0.2, -0.15) is 13.2 Å². The summed E-state index contributed by atoms with van der Waals surface area (Å²) >= 11 is 0. The number of benzene rings is 1. The molecular formula is C18H17F5. The molecule has 0 spiro atoms. The Kier molecular flexibility index (Phi) is 5.46. The molecule has 1 saturated carbocycles. The quantitative estimate of drug-likeness (QED) is 0.369. The molecule has 5 heteroatoms. The predicted octanol–water partition coefficient (Wildman–Crippen LogP) is 5.73. The van der Waals surface area contributed by atoms with Crippen molar-refractivity contribution in [1.82, 2.24) is 0 Å². The minimum Gasteiger partial charge on any atom is -0.206 e. The molecule has 1 aliphatic carbocycles. The van der Waals surface area contributed by atoms with Crippen molar-refractivity contribution in [3.8, 4) is 11.8 Å². The van der Waals surface area contributed by atoms with E-state index in [-0.39, 0.29) is 5.92 Å². The largest absolute Gasteiger partial charge is 0.458 e. The predicted molar refractivity (Wildman–Crippen MR) is 78.8 cm³/mol. The van der Waals surface area contributed by atoms with Gasteiger partial charge in [-0.1, -0.05) is 18.1 Å². The zero-order valence-electron chi connectivity index (χ0n) is 12.7. The van der Waals surface area contributed by atoms with Crippen molar-refractivity contribution in [1.29, 1.82) is 0 Å². The summed E-state index contributed by atoms with van der Waals surface area (Å²) in [4.78, 5) is 0. The van der Waals surface area contributed by atoms with Crippen LogP contribution in [0.5, 0.6) is 0 Å². The van der Waals surface area contributed by atoms with E-state index in [1.54, 1.807) is 5.92 Å². The molecule has 1 aliphatic rings. The fourth-order valence-corrected chi connectivity index (χ4v) is 3.00. The lowest BCUT2D eigenvalue weighted by molar-refractivity contribution is -0.0696. The van der Waals surface area contributed by atoms with Gasteiger partial charge in [0.15, 0.2) is 0 Å². The normalized spacial score (nSPS) is 22.0. The molecule has 2 rings (SSSR count). The Balaban J connectivity index is 2.18. The van der Waals surface area contributed by atoms with E-state index in [4.69, 9.17) is 0 Å². The molecule has 0 amide bonds. The SMILES string of the molecule is C/C=C/C1CCC(c2cc(F)c(C#CC(F)(F)F)c(F)c2)CC1. The Bertz CT molecular complexity index is 615. The first-order chi connectivity index (χ1) is 10.8. The zero-order valence-corrected chi connectivity index (χ0v) is 12.7. The summed E-state index contributed by atoms with van der Waals surface area (Å²) in [5.74, 6) is 0.894. The molecule has 0 heterocycles. The van der Waals surface area contributed by atoms with E-state index in [1.807, 2.05) is 13.0 Å². The highest BCUT2D eigenvalue weighted by atomic mass is 19.4. The van der Waals surface area contributed by atoms with Gasteiger partial charge in [0.05, 0.1) is 5.56 Å². The third-order valence-corrected chi connectivity index (χ3v) is 4.10. The molecule has 23 heavy (non-hydrogen) atoms. The number of rotatable bonds is 2. The molecule has 1 aromatic rings. The second kappa shape index (κ2) is 7.16. The van der Waals surface area contributed by atoms with Crippen LogP contribution in [0, 0.1) is 29.4 Å². The maximum absolute atomic E-state index is 13.9. The third-order valence-electron chi connectivity index (χ3n) is 4.10. The molecule has 0 N–H and O–H groups in total. The Hall–Kier alpha value is -1.83. The Morgan fingerprint density at radius 2 is 1.61 bits per heavy atom. The van der Waals surface area contributed by atoms with Crippen LogP contribution in [-0.2, 0) is 0 Å². The summed E-state index contributed by atoms with van der Waals surface area (Å²) in [6.45, 7) is 1.96. The van der Waals surface area contributed by atoms with Gasteiger partial charge in [-0.25, -0.2) is 8.78 Å². The first-order valence-electron chi connectivity index (χ1n) is 7.52. The lowest BCUT2D eigenvalue weighted by atomic mass is 9.78. The van der Waals surface area contributed by atoms with Crippen molar-refractivity contribution in [3.05, 3.63) is 47.0 Å². The summed E-state index contributed by atoms with van der Waals surface area (Å²) < 4.78 is 64.0. The van der Waals surface area contributed by atoms with Crippen molar-refractivity contribution < 1.29 is 22.0 Å².